The number of nitrogen functional groups attached to an aromatic ring is 1. The average Bonchev–Trinajstić information content (AvgIpc) is 2.74. The first-order valence-corrected chi connectivity index (χ1v) is 5.48. The second-order valence-corrected chi connectivity index (χ2v) is 4.22. The molecule has 94 valence electrons. The number of hydrogen-bond acceptors (Lipinski definition) is 5. The van der Waals surface area contributed by atoms with Crippen LogP contribution in [0.1, 0.15) is 23.3 Å². The fraction of sp³-hybridized carbons (Fsp3) is 0.600. The largest absolute Gasteiger partial charge is 0.396 e. The number of anilines is 1. The van der Waals surface area contributed by atoms with Crippen molar-refractivity contribution in [3.63, 3.8) is 0 Å². The van der Waals surface area contributed by atoms with Gasteiger partial charge in [0, 0.05) is 32.6 Å². The van der Waals surface area contributed by atoms with E-state index in [4.69, 9.17) is 10.5 Å². The summed E-state index contributed by atoms with van der Waals surface area (Å²) in [6.45, 7) is 1.21. The first-order valence-electron chi connectivity index (χ1n) is 5.48. The number of amides is 1. The summed E-state index contributed by atoms with van der Waals surface area (Å²) in [5.41, 5.74) is 5.18. The maximum atomic E-state index is 11.7. The zero-order valence-corrected chi connectivity index (χ0v) is 9.40. The molecule has 0 unspecified atom stereocenters. The summed E-state index contributed by atoms with van der Waals surface area (Å²) in [5.74, 6) is -0.361. The monoisotopic (exact) mass is 240 g/mol. The summed E-state index contributed by atoms with van der Waals surface area (Å²) >= 11 is 0. The Morgan fingerprint density at radius 1 is 1.65 bits per heavy atom. The number of carbonyl (C=O) groups is 1. The second-order valence-electron chi connectivity index (χ2n) is 4.22. The van der Waals surface area contributed by atoms with Gasteiger partial charge >= 0.3 is 0 Å². The highest BCUT2D eigenvalue weighted by molar-refractivity contribution is 5.96. The van der Waals surface area contributed by atoms with E-state index in [9.17, 15) is 9.90 Å². The van der Waals surface area contributed by atoms with Gasteiger partial charge in [-0.15, -0.1) is 0 Å². The van der Waals surface area contributed by atoms with Crippen molar-refractivity contribution in [2.75, 3.05) is 25.5 Å². The molecule has 1 aliphatic heterocycles. The van der Waals surface area contributed by atoms with Crippen LogP contribution >= 0.6 is 0 Å². The van der Waals surface area contributed by atoms with E-state index in [0.29, 0.717) is 31.7 Å². The van der Waals surface area contributed by atoms with Gasteiger partial charge in [0.2, 0.25) is 0 Å². The SMILES string of the molecule is Nc1cn[nH]c1C(=O)NCC1(O)CCOCC1. The molecular formula is C10H16N4O3. The minimum absolute atomic E-state index is 0.188. The Morgan fingerprint density at radius 2 is 2.35 bits per heavy atom. The number of hydrogen-bond donors (Lipinski definition) is 4. The number of nitrogens with zero attached hydrogens (tertiary/aromatic N) is 1. The Hall–Kier alpha value is -1.60. The van der Waals surface area contributed by atoms with E-state index in [-0.39, 0.29) is 18.1 Å². The van der Waals surface area contributed by atoms with Gasteiger partial charge in [0.25, 0.3) is 5.91 Å². The molecule has 0 aliphatic carbocycles. The van der Waals surface area contributed by atoms with Gasteiger partial charge in [-0.25, -0.2) is 0 Å². The number of aromatic nitrogens is 2. The van der Waals surface area contributed by atoms with Crippen molar-refractivity contribution < 1.29 is 14.6 Å². The molecular weight excluding hydrogens is 224 g/mol. The fourth-order valence-electron chi connectivity index (χ4n) is 1.74. The molecule has 7 heteroatoms. The molecule has 0 bridgehead atoms. The van der Waals surface area contributed by atoms with E-state index in [1.54, 1.807) is 0 Å². The highest BCUT2D eigenvalue weighted by Gasteiger charge is 2.30. The van der Waals surface area contributed by atoms with E-state index in [0.717, 1.165) is 0 Å². The molecule has 1 saturated heterocycles. The number of ether oxygens (including phenoxy) is 1. The van der Waals surface area contributed by atoms with Crippen LogP contribution in [0.15, 0.2) is 6.20 Å². The van der Waals surface area contributed by atoms with Crippen LogP contribution in [0.5, 0.6) is 0 Å². The summed E-state index contributed by atoms with van der Waals surface area (Å²) in [7, 11) is 0. The van der Waals surface area contributed by atoms with Crippen LogP contribution in [0.3, 0.4) is 0 Å². The molecule has 1 aromatic rings. The number of aromatic amines is 1. The predicted molar refractivity (Wildman–Crippen MR) is 60.3 cm³/mol. The van der Waals surface area contributed by atoms with Gasteiger partial charge in [0.05, 0.1) is 17.5 Å². The predicted octanol–water partition coefficient (Wildman–Crippen LogP) is -0.737. The fourth-order valence-corrected chi connectivity index (χ4v) is 1.74. The lowest BCUT2D eigenvalue weighted by atomic mass is 9.94. The number of nitrogens with one attached hydrogen (secondary N) is 2. The molecule has 0 radical (unpaired) electrons. The molecule has 5 N–H and O–H groups in total. The molecule has 0 atom stereocenters. The highest BCUT2D eigenvalue weighted by atomic mass is 16.5. The van der Waals surface area contributed by atoms with Crippen LogP contribution in [0, 0.1) is 0 Å². The summed E-state index contributed by atoms with van der Waals surface area (Å²) in [6.07, 6.45) is 2.41. The van der Waals surface area contributed by atoms with Crippen molar-refractivity contribution in [1.29, 1.82) is 0 Å². The van der Waals surface area contributed by atoms with Gasteiger partial charge in [-0.2, -0.15) is 5.10 Å². The smallest absolute Gasteiger partial charge is 0.271 e. The maximum Gasteiger partial charge on any atom is 0.271 e. The zero-order valence-electron chi connectivity index (χ0n) is 9.40. The molecule has 1 fully saturated rings. The zero-order chi connectivity index (χ0) is 12.3. The van der Waals surface area contributed by atoms with Crippen molar-refractivity contribution in [3.05, 3.63) is 11.9 Å². The van der Waals surface area contributed by atoms with Crippen molar-refractivity contribution >= 4 is 11.6 Å². The van der Waals surface area contributed by atoms with Gasteiger partial charge in [0.15, 0.2) is 0 Å². The molecule has 1 aliphatic rings. The summed E-state index contributed by atoms with van der Waals surface area (Å²) < 4.78 is 5.15. The third-order valence-corrected chi connectivity index (χ3v) is 2.90. The second kappa shape index (κ2) is 4.72. The van der Waals surface area contributed by atoms with Gasteiger partial charge in [-0.05, 0) is 0 Å². The number of nitrogens with two attached hydrogens (primary N) is 1. The Balaban J connectivity index is 1.90. The van der Waals surface area contributed by atoms with Crippen molar-refractivity contribution in [2.45, 2.75) is 18.4 Å². The minimum atomic E-state index is -0.886. The lowest BCUT2D eigenvalue weighted by molar-refractivity contribution is -0.0605. The van der Waals surface area contributed by atoms with E-state index < -0.39 is 5.60 Å². The van der Waals surface area contributed by atoms with Gasteiger partial charge in [-0.3, -0.25) is 9.89 Å². The Morgan fingerprint density at radius 3 is 2.94 bits per heavy atom. The highest BCUT2D eigenvalue weighted by Crippen LogP contribution is 2.19. The minimum Gasteiger partial charge on any atom is -0.396 e. The van der Waals surface area contributed by atoms with Crippen LogP contribution in [-0.2, 0) is 4.74 Å². The lowest BCUT2D eigenvalue weighted by Crippen LogP contribution is -2.46. The maximum absolute atomic E-state index is 11.7. The summed E-state index contributed by atoms with van der Waals surface area (Å²) in [4.78, 5) is 11.7. The van der Waals surface area contributed by atoms with Crippen molar-refractivity contribution in [1.82, 2.24) is 15.5 Å². The van der Waals surface area contributed by atoms with E-state index >= 15 is 0 Å². The molecule has 7 nitrogen and oxygen atoms in total. The first-order chi connectivity index (χ1) is 8.11. The molecule has 1 aromatic heterocycles. The number of aliphatic hydroxyl groups is 1. The van der Waals surface area contributed by atoms with Crippen LogP contribution in [-0.4, -0.2) is 46.6 Å². The van der Waals surface area contributed by atoms with Gasteiger partial charge in [-0.1, -0.05) is 0 Å². The quantitative estimate of drug-likeness (QED) is 0.556. The van der Waals surface area contributed by atoms with Crippen LogP contribution in [0.2, 0.25) is 0 Å². The van der Waals surface area contributed by atoms with Crippen LogP contribution < -0.4 is 11.1 Å². The molecule has 2 heterocycles. The molecule has 0 aromatic carbocycles. The van der Waals surface area contributed by atoms with Crippen LogP contribution in [0.4, 0.5) is 5.69 Å². The molecule has 1 amide bonds. The molecule has 2 rings (SSSR count). The average molecular weight is 240 g/mol. The van der Waals surface area contributed by atoms with E-state index in [2.05, 4.69) is 15.5 Å². The Bertz CT molecular complexity index is 398. The standard InChI is InChI=1S/C10H16N4O3/c11-7-5-13-14-8(7)9(15)12-6-10(16)1-3-17-4-2-10/h5,16H,1-4,6,11H2,(H,12,15)(H,13,14). The van der Waals surface area contributed by atoms with E-state index in [1.807, 2.05) is 0 Å². The Kier molecular flexibility index (Phi) is 3.30. The van der Waals surface area contributed by atoms with Gasteiger partial charge < -0.3 is 20.9 Å². The lowest BCUT2D eigenvalue weighted by Gasteiger charge is -2.31. The van der Waals surface area contributed by atoms with Crippen molar-refractivity contribution in [3.8, 4) is 0 Å². The van der Waals surface area contributed by atoms with Gasteiger partial charge in [0.1, 0.15) is 5.69 Å². The summed E-state index contributed by atoms with van der Waals surface area (Å²) in [6, 6.07) is 0. The van der Waals surface area contributed by atoms with Crippen LogP contribution in [0.25, 0.3) is 0 Å². The topological polar surface area (TPSA) is 113 Å². The third kappa shape index (κ3) is 2.75. The van der Waals surface area contributed by atoms with Crippen molar-refractivity contribution in [2.24, 2.45) is 0 Å². The number of H-pyrrole nitrogens is 1. The van der Waals surface area contributed by atoms with E-state index in [1.165, 1.54) is 6.20 Å². The Labute approximate surface area is 98.3 Å². The third-order valence-electron chi connectivity index (χ3n) is 2.90. The number of carbonyl (C=O) groups excluding carboxylic acids is 1. The molecule has 0 spiro atoms. The first kappa shape index (κ1) is 11.9. The molecule has 0 saturated carbocycles. The molecule has 17 heavy (non-hydrogen) atoms. The summed E-state index contributed by atoms with van der Waals surface area (Å²) in [5, 5.41) is 18.9. The number of rotatable bonds is 3. The normalized spacial score (nSPS) is 18.9.